The lowest BCUT2D eigenvalue weighted by atomic mass is 10.0. The van der Waals surface area contributed by atoms with Crippen molar-refractivity contribution in [3.63, 3.8) is 0 Å². The molecule has 0 fully saturated rings. The summed E-state index contributed by atoms with van der Waals surface area (Å²) >= 11 is 0. The minimum absolute atomic E-state index is 0.148. The van der Waals surface area contributed by atoms with E-state index in [1.54, 1.807) is 0 Å². The molecule has 2 aromatic heterocycles. The average Bonchev–Trinajstić information content (AvgIpc) is 3.82. The van der Waals surface area contributed by atoms with E-state index in [2.05, 4.69) is 130 Å². The maximum absolute atomic E-state index is 13.4. The molecule has 318 valence electrons. The van der Waals surface area contributed by atoms with Gasteiger partial charge < -0.3 is 9.80 Å². The number of aromatic nitrogens is 4. The molecule has 0 saturated heterocycles. The monoisotopic (exact) mass is 856 g/mol. The fourth-order valence-electron chi connectivity index (χ4n) is 8.23. The number of hydrogen-bond donors (Lipinski definition) is 2. The van der Waals surface area contributed by atoms with E-state index in [1.807, 2.05) is 133 Å². The lowest BCUT2D eigenvalue weighted by Gasteiger charge is -2.26. The Labute approximate surface area is 381 Å². The number of aromatic amines is 2. The fourth-order valence-corrected chi connectivity index (χ4v) is 8.23. The molecular weight excluding hydrogens is 813 g/mol. The largest absolute Gasteiger partial charge is 0.311 e. The second-order valence-electron chi connectivity index (χ2n) is 15.9. The molecule has 10 rings (SSSR count). The minimum Gasteiger partial charge on any atom is -0.311 e. The summed E-state index contributed by atoms with van der Waals surface area (Å²) in [6, 6.07) is 73.2. The molecule has 2 heterocycles. The van der Waals surface area contributed by atoms with Crippen molar-refractivity contribution in [2.24, 2.45) is 0 Å². The Morgan fingerprint density at radius 1 is 0.348 bits per heavy atom. The van der Waals surface area contributed by atoms with E-state index in [1.165, 1.54) is 9.36 Å². The third kappa shape index (κ3) is 8.25. The molecule has 66 heavy (non-hydrogen) atoms. The van der Waals surface area contributed by atoms with Crippen LogP contribution in [0.3, 0.4) is 0 Å². The Hall–Kier alpha value is -9.14. The summed E-state index contributed by atoms with van der Waals surface area (Å²) in [6.45, 7) is 8.22. The summed E-state index contributed by atoms with van der Waals surface area (Å²) in [4.78, 5) is 31.2. The van der Waals surface area contributed by atoms with Crippen LogP contribution in [0.4, 0.5) is 34.1 Å². The summed E-state index contributed by atoms with van der Waals surface area (Å²) in [7, 11) is 0. The molecule has 0 bridgehead atoms. The van der Waals surface area contributed by atoms with Gasteiger partial charge in [-0.15, -0.1) is 0 Å². The lowest BCUT2D eigenvalue weighted by Crippen LogP contribution is -2.33. The van der Waals surface area contributed by atoms with Crippen LogP contribution in [0.5, 0.6) is 0 Å². The van der Waals surface area contributed by atoms with Crippen LogP contribution in [0.1, 0.15) is 11.1 Å². The molecule has 0 aliphatic carbocycles. The molecule has 0 radical (unpaired) electrons. The highest BCUT2D eigenvalue weighted by Crippen LogP contribution is 2.38. The van der Waals surface area contributed by atoms with Crippen molar-refractivity contribution in [1.82, 2.24) is 19.6 Å². The van der Waals surface area contributed by atoms with Gasteiger partial charge in [-0.05, 0) is 131 Å². The van der Waals surface area contributed by atoms with Crippen molar-refractivity contribution >= 4 is 59.4 Å². The van der Waals surface area contributed by atoms with Crippen LogP contribution >= 0.6 is 0 Å². The zero-order valence-corrected chi connectivity index (χ0v) is 36.0. The second-order valence-corrected chi connectivity index (χ2v) is 15.9. The quantitative estimate of drug-likeness (QED) is 0.136. The molecule has 2 N–H and O–H groups in total. The fraction of sp³-hybridized carbons (Fsp3) is 0. The summed E-state index contributed by atoms with van der Waals surface area (Å²) in [5.74, 6) is 0. The summed E-state index contributed by atoms with van der Waals surface area (Å²) in [6.07, 6.45) is 3.75. The number of nitrogens with zero attached hydrogens (tertiary/aromatic N) is 4. The average molecular weight is 857 g/mol. The zero-order valence-electron chi connectivity index (χ0n) is 36.0. The summed E-state index contributed by atoms with van der Waals surface area (Å²) < 4.78 is 3.05. The molecule has 0 amide bonds. The van der Waals surface area contributed by atoms with E-state index in [-0.39, 0.29) is 11.1 Å². The predicted octanol–water partition coefficient (Wildman–Crippen LogP) is 9.73. The first-order valence-electron chi connectivity index (χ1n) is 21.6. The first kappa shape index (κ1) is 40.9. The van der Waals surface area contributed by atoms with Crippen molar-refractivity contribution in [3.8, 4) is 22.5 Å². The standard InChI is InChI=1S/C58H44N6O2/c1-41-55(57(65)63(59-41)53-19-11-5-12-20-53)39-43-23-31-49(32-24-43)61(47-15-7-3-8-16-47)51-35-27-45(28-36-51)46-29-37-52(38-30-46)62(48-17-9-4-10-18-48)50-33-25-44(26-34-50)40-56-42(2)60-64(58(56)66)54-21-13-6-14-22-54/h3-40,59-60H,1-2H2. The van der Waals surface area contributed by atoms with Crippen molar-refractivity contribution in [1.29, 1.82) is 0 Å². The van der Waals surface area contributed by atoms with Crippen LogP contribution in [0.2, 0.25) is 0 Å². The highest BCUT2D eigenvalue weighted by molar-refractivity contribution is 5.81. The van der Waals surface area contributed by atoms with Gasteiger partial charge in [-0.25, -0.2) is 9.36 Å². The highest BCUT2D eigenvalue weighted by Gasteiger charge is 2.15. The van der Waals surface area contributed by atoms with E-state index in [0.717, 1.165) is 67.8 Å². The smallest absolute Gasteiger partial charge is 0.279 e. The van der Waals surface area contributed by atoms with Gasteiger partial charge in [0.1, 0.15) is 0 Å². The SMILES string of the molecule is C=c1[nH]n(-c2ccccc2)c(=O)c1=Cc1ccc(N(c2ccccc2)c2ccc(-c3ccc(N(c4ccccc4)c4ccc(C=c5c(=C)[nH]n(-c6ccccc6)c5=O)cc4)cc3)cc2)cc1. The normalized spacial score (nSPS) is 11.8. The number of H-pyrrole nitrogens is 2. The zero-order chi connectivity index (χ0) is 45.0. The van der Waals surface area contributed by atoms with Gasteiger partial charge in [-0.2, -0.15) is 0 Å². The summed E-state index contributed by atoms with van der Waals surface area (Å²) in [5, 5.41) is 8.38. The number of benzene rings is 8. The Morgan fingerprint density at radius 3 is 0.939 bits per heavy atom. The van der Waals surface area contributed by atoms with Crippen LogP contribution in [0.15, 0.2) is 228 Å². The Morgan fingerprint density at radius 2 is 0.621 bits per heavy atom. The first-order chi connectivity index (χ1) is 32.4. The minimum atomic E-state index is -0.148. The molecule has 8 nitrogen and oxygen atoms in total. The van der Waals surface area contributed by atoms with Gasteiger partial charge in [0.25, 0.3) is 11.1 Å². The number of rotatable bonds is 11. The van der Waals surface area contributed by atoms with Crippen LogP contribution in [0.25, 0.3) is 47.8 Å². The van der Waals surface area contributed by atoms with E-state index in [0.29, 0.717) is 21.1 Å². The van der Waals surface area contributed by atoms with Gasteiger partial charge >= 0.3 is 0 Å². The first-order valence-corrected chi connectivity index (χ1v) is 21.6. The van der Waals surface area contributed by atoms with Gasteiger partial charge in [0, 0.05) is 34.1 Å². The maximum Gasteiger partial charge on any atom is 0.279 e. The second kappa shape index (κ2) is 17.9. The van der Waals surface area contributed by atoms with Crippen LogP contribution in [-0.4, -0.2) is 19.6 Å². The van der Waals surface area contributed by atoms with Gasteiger partial charge in [0.2, 0.25) is 0 Å². The number of hydrogen-bond acceptors (Lipinski definition) is 4. The number of anilines is 6. The maximum atomic E-state index is 13.4. The van der Waals surface area contributed by atoms with E-state index < -0.39 is 0 Å². The predicted molar refractivity (Wildman–Crippen MR) is 271 cm³/mol. The molecular formula is C58H44N6O2. The van der Waals surface area contributed by atoms with E-state index in [4.69, 9.17) is 0 Å². The van der Waals surface area contributed by atoms with Gasteiger partial charge in [0.15, 0.2) is 0 Å². The van der Waals surface area contributed by atoms with Crippen molar-refractivity contribution in [2.45, 2.75) is 0 Å². The Kier molecular flexibility index (Phi) is 11.1. The molecule has 0 unspecified atom stereocenters. The number of para-hydroxylation sites is 4. The number of nitrogens with one attached hydrogen (secondary N) is 2. The van der Waals surface area contributed by atoms with Crippen molar-refractivity contribution in [3.05, 3.63) is 271 Å². The Bertz CT molecular complexity index is 3370. The van der Waals surface area contributed by atoms with Crippen molar-refractivity contribution < 1.29 is 0 Å². The molecule has 0 saturated carbocycles. The van der Waals surface area contributed by atoms with Gasteiger partial charge in [0.05, 0.1) is 32.5 Å². The molecule has 8 heteroatoms. The molecule has 8 aromatic carbocycles. The molecule has 0 atom stereocenters. The van der Waals surface area contributed by atoms with Crippen LogP contribution < -0.4 is 42.1 Å². The van der Waals surface area contributed by atoms with E-state index >= 15 is 0 Å². The van der Waals surface area contributed by atoms with Crippen molar-refractivity contribution in [2.75, 3.05) is 9.80 Å². The van der Waals surface area contributed by atoms with E-state index in [9.17, 15) is 9.59 Å². The Balaban J connectivity index is 0.912. The van der Waals surface area contributed by atoms with Crippen LogP contribution in [-0.2, 0) is 0 Å². The van der Waals surface area contributed by atoms with Gasteiger partial charge in [-0.1, -0.05) is 134 Å². The lowest BCUT2D eigenvalue weighted by molar-refractivity contribution is 0.838. The van der Waals surface area contributed by atoms with Gasteiger partial charge in [-0.3, -0.25) is 19.8 Å². The third-order valence-corrected chi connectivity index (χ3v) is 11.6. The topological polar surface area (TPSA) is 82.1 Å². The molecule has 10 aromatic rings. The molecule has 0 aliphatic rings. The molecule has 0 spiro atoms. The summed E-state index contributed by atoms with van der Waals surface area (Å²) in [5.41, 5.74) is 11.2. The third-order valence-electron chi connectivity index (χ3n) is 11.6. The van der Waals surface area contributed by atoms with Crippen LogP contribution in [0, 0.1) is 0 Å². The molecule has 0 aliphatic heterocycles. The highest BCUT2D eigenvalue weighted by atomic mass is 16.1.